The molecule has 0 spiro atoms. The summed E-state index contributed by atoms with van der Waals surface area (Å²) < 4.78 is 28.7. The average molecular weight is 530 g/mol. The fourth-order valence-corrected chi connectivity index (χ4v) is 6.16. The van der Waals surface area contributed by atoms with Gasteiger partial charge in [0, 0.05) is 48.0 Å². The van der Waals surface area contributed by atoms with Crippen LogP contribution in [0.1, 0.15) is 42.4 Å². The van der Waals surface area contributed by atoms with Crippen molar-refractivity contribution in [1.82, 2.24) is 14.6 Å². The van der Waals surface area contributed by atoms with Crippen LogP contribution in [0.25, 0.3) is 11.3 Å². The van der Waals surface area contributed by atoms with E-state index in [0.29, 0.717) is 35.0 Å². The Morgan fingerprint density at radius 1 is 1.05 bits per heavy atom. The molecule has 3 aliphatic rings. The molecule has 196 valence electrons. The van der Waals surface area contributed by atoms with Gasteiger partial charge in [-0.15, -0.1) is 0 Å². The van der Waals surface area contributed by atoms with Crippen molar-refractivity contribution < 1.29 is 13.2 Å². The number of aromatic nitrogens is 1. The van der Waals surface area contributed by atoms with Crippen molar-refractivity contribution in [3.05, 3.63) is 83.7 Å². The molecule has 9 heteroatoms. The van der Waals surface area contributed by atoms with Crippen LogP contribution in [0.15, 0.2) is 71.9 Å². The highest BCUT2D eigenvalue weighted by atomic mass is 32.2. The Bertz CT molecular complexity index is 1480. The molecule has 0 radical (unpaired) electrons. The van der Waals surface area contributed by atoms with Gasteiger partial charge in [-0.25, -0.2) is 13.1 Å². The highest BCUT2D eigenvalue weighted by Gasteiger charge is 2.31. The second kappa shape index (κ2) is 10.3. The van der Waals surface area contributed by atoms with E-state index in [2.05, 4.69) is 37.4 Å². The van der Waals surface area contributed by atoms with Crippen LogP contribution in [0.3, 0.4) is 0 Å². The molecule has 0 unspecified atom stereocenters. The fraction of sp³-hybridized carbons (Fsp3) is 0.310. The van der Waals surface area contributed by atoms with E-state index in [0.717, 1.165) is 43.7 Å². The van der Waals surface area contributed by atoms with Crippen LogP contribution in [-0.4, -0.2) is 43.8 Å². The first-order valence-electron chi connectivity index (χ1n) is 13.1. The molecule has 2 fully saturated rings. The molecule has 1 saturated carbocycles. The summed E-state index contributed by atoms with van der Waals surface area (Å²) >= 11 is 0. The summed E-state index contributed by atoms with van der Waals surface area (Å²) in [5.74, 6) is 0.124. The van der Waals surface area contributed by atoms with Gasteiger partial charge in [-0.1, -0.05) is 12.1 Å². The van der Waals surface area contributed by atoms with E-state index in [9.17, 15) is 13.2 Å². The topological polar surface area (TPSA) is 103 Å². The van der Waals surface area contributed by atoms with Crippen LogP contribution in [0, 0.1) is 5.92 Å². The maximum atomic E-state index is 13.3. The van der Waals surface area contributed by atoms with Crippen molar-refractivity contribution in [3.8, 4) is 0 Å². The Hall–Kier alpha value is -3.53. The van der Waals surface area contributed by atoms with Gasteiger partial charge in [0.2, 0.25) is 10.0 Å². The monoisotopic (exact) mass is 529 g/mol. The standard InChI is InChI=1S/C29H31N5O3S/c35-29-27(25-16-24(11-12-26(25)33-29)38(36,37)31-17-20-5-6-20)28(22-4-3-13-30-18-22)32-23-9-7-21(8-10-23)19-34-14-1-2-15-34/h3-4,7-13,16,18,20,31-32H,1-2,5-6,14-15,17,19H2,(H,33,35)/b28-27-. The Morgan fingerprint density at radius 3 is 2.55 bits per heavy atom. The summed E-state index contributed by atoms with van der Waals surface area (Å²) in [7, 11) is -3.69. The van der Waals surface area contributed by atoms with Crippen molar-refractivity contribution in [2.75, 3.05) is 30.3 Å². The van der Waals surface area contributed by atoms with E-state index in [1.807, 2.05) is 24.3 Å². The lowest BCUT2D eigenvalue weighted by atomic mass is 10.0. The largest absolute Gasteiger partial charge is 0.354 e. The highest BCUT2D eigenvalue weighted by molar-refractivity contribution is 7.89. The Balaban J connectivity index is 1.35. The van der Waals surface area contributed by atoms with Gasteiger partial charge in [-0.3, -0.25) is 14.7 Å². The summed E-state index contributed by atoms with van der Waals surface area (Å²) in [6.07, 6.45) is 7.99. The summed E-state index contributed by atoms with van der Waals surface area (Å²) in [6, 6.07) is 16.7. The SMILES string of the molecule is O=C1Nc2ccc(S(=O)(=O)NCC3CC3)cc2/C1=C(/Nc1ccc(CN2CCCC2)cc1)c1cccnc1. The third kappa shape index (κ3) is 5.36. The smallest absolute Gasteiger partial charge is 0.258 e. The minimum absolute atomic E-state index is 0.141. The highest BCUT2D eigenvalue weighted by Crippen LogP contribution is 2.39. The summed E-state index contributed by atoms with van der Waals surface area (Å²) in [4.78, 5) is 20.1. The number of nitrogens with one attached hydrogen (secondary N) is 3. The first-order chi connectivity index (χ1) is 18.5. The number of carbonyl (C=O) groups is 1. The molecule has 6 rings (SSSR count). The quantitative estimate of drug-likeness (QED) is 0.357. The molecule has 3 N–H and O–H groups in total. The van der Waals surface area contributed by atoms with Crippen LogP contribution in [-0.2, 0) is 21.4 Å². The predicted molar refractivity (Wildman–Crippen MR) is 149 cm³/mol. The number of sulfonamides is 1. The number of nitrogens with zero attached hydrogens (tertiary/aromatic N) is 2. The molecule has 8 nitrogen and oxygen atoms in total. The van der Waals surface area contributed by atoms with Gasteiger partial charge in [0.25, 0.3) is 5.91 Å². The zero-order chi connectivity index (χ0) is 26.1. The molecule has 0 atom stereocenters. The van der Waals surface area contributed by atoms with Gasteiger partial charge in [0.05, 0.1) is 16.2 Å². The van der Waals surface area contributed by atoms with Crippen LogP contribution in [0.5, 0.6) is 0 Å². The lowest BCUT2D eigenvalue weighted by Crippen LogP contribution is -2.25. The van der Waals surface area contributed by atoms with E-state index >= 15 is 0 Å². The van der Waals surface area contributed by atoms with Gasteiger partial charge in [-0.2, -0.15) is 0 Å². The zero-order valence-electron chi connectivity index (χ0n) is 21.1. The molecule has 1 saturated heterocycles. The minimum Gasteiger partial charge on any atom is -0.354 e. The molecular weight excluding hydrogens is 498 g/mol. The van der Waals surface area contributed by atoms with E-state index < -0.39 is 10.0 Å². The second-order valence-corrected chi connectivity index (χ2v) is 12.0. The van der Waals surface area contributed by atoms with Gasteiger partial charge in [0.1, 0.15) is 0 Å². The Morgan fingerprint density at radius 2 is 1.84 bits per heavy atom. The van der Waals surface area contributed by atoms with Gasteiger partial charge < -0.3 is 10.6 Å². The van der Waals surface area contributed by atoms with Gasteiger partial charge in [-0.05, 0) is 92.7 Å². The number of carbonyl (C=O) groups excluding carboxylic acids is 1. The molecule has 3 heterocycles. The van der Waals surface area contributed by atoms with Gasteiger partial charge >= 0.3 is 0 Å². The first kappa shape index (κ1) is 24.8. The van der Waals surface area contributed by atoms with Gasteiger partial charge in [0.15, 0.2) is 0 Å². The van der Waals surface area contributed by atoms with Crippen molar-refractivity contribution >= 4 is 38.6 Å². The van der Waals surface area contributed by atoms with Crippen molar-refractivity contribution in [2.24, 2.45) is 5.92 Å². The molecule has 1 aliphatic carbocycles. The molecule has 0 bridgehead atoms. The molecule has 2 aliphatic heterocycles. The Kier molecular flexibility index (Phi) is 6.73. The van der Waals surface area contributed by atoms with E-state index in [1.165, 1.54) is 24.5 Å². The Labute approximate surface area is 223 Å². The van der Waals surface area contributed by atoms with E-state index in [-0.39, 0.29) is 10.8 Å². The molecule has 2 aromatic carbocycles. The van der Waals surface area contributed by atoms with Crippen molar-refractivity contribution in [2.45, 2.75) is 37.1 Å². The maximum Gasteiger partial charge on any atom is 0.258 e. The first-order valence-corrected chi connectivity index (χ1v) is 14.6. The van der Waals surface area contributed by atoms with Crippen LogP contribution >= 0.6 is 0 Å². The zero-order valence-corrected chi connectivity index (χ0v) is 21.9. The van der Waals surface area contributed by atoms with Crippen LogP contribution < -0.4 is 15.4 Å². The molecular formula is C29H31N5O3S. The third-order valence-corrected chi connectivity index (χ3v) is 8.75. The number of hydrogen-bond donors (Lipinski definition) is 3. The fourth-order valence-electron chi connectivity index (χ4n) is 5.02. The molecule has 1 amide bonds. The number of pyridine rings is 1. The normalized spacial score (nSPS) is 18.8. The predicted octanol–water partition coefficient (Wildman–Crippen LogP) is 4.30. The minimum atomic E-state index is -3.69. The summed E-state index contributed by atoms with van der Waals surface area (Å²) in [6.45, 7) is 3.65. The van der Waals surface area contributed by atoms with Crippen LogP contribution in [0.4, 0.5) is 11.4 Å². The third-order valence-electron chi connectivity index (χ3n) is 7.33. The number of rotatable bonds is 9. The van der Waals surface area contributed by atoms with Crippen LogP contribution in [0.2, 0.25) is 0 Å². The lowest BCUT2D eigenvalue weighted by molar-refractivity contribution is -0.110. The molecule has 3 aromatic rings. The lowest BCUT2D eigenvalue weighted by Gasteiger charge is -2.17. The molecule has 1 aromatic heterocycles. The number of fused-ring (bicyclic) bond motifs is 1. The number of hydrogen-bond acceptors (Lipinski definition) is 6. The molecule has 38 heavy (non-hydrogen) atoms. The maximum absolute atomic E-state index is 13.3. The number of benzene rings is 2. The van der Waals surface area contributed by atoms with Crippen molar-refractivity contribution in [3.63, 3.8) is 0 Å². The number of likely N-dealkylation sites (tertiary alicyclic amines) is 1. The average Bonchev–Trinajstić information content (AvgIpc) is 3.52. The van der Waals surface area contributed by atoms with E-state index in [4.69, 9.17) is 0 Å². The van der Waals surface area contributed by atoms with Crippen molar-refractivity contribution in [1.29, 1.82) is 0 Å². The number of anilines is 2. The second-order valence-electron chi connectivity index (χ2n) is 10.3. The summed E-state index contributed by atoms with van der Waals surface area (Å²) in [5, 5.41) is 6.33. The number of amides is 1. The van der Waals surface area contributed by atoms with E-state index in [1.54, 1.807) is 24.5 Å². The summed E-state index contributed by atoms with van der Waals surface area (Å²) in [5.41, 5.74) is 4.88.